The van der Waals surface area contributed by atoms with E-state index in [9.17, 15) is 4.79 Å². The molecule has 4 N–H and O–H groups in total. The van der Waals surface area contributed by atoms with Crippen LogP contribution in [-0.2, 0) is 4.79 Å². The molecule has 0 fully saturated rings. The number of oxime groups is 1. The zero-order valence-corrected chi connectivity index (χ0v) is 9.87. The number of nitrogens with zero attached hydrogens (tertiary/aromatic N) is 1. The smallest absolute Gasteiger partial charge is 0.230 e. The molecule has 0 heterocycles. The molecule has 1 atom stereocenters. The van der Waals surface area contributed by atoms with Crippen molar-refractivity contribution in [3.8, 4) is 0 Å². The van der Waals surface area contributed by atoms with Crippen LogP contribution >= 0.6 is 0 Å². The monoisotopic (exact) mass is 215 g/mol. The summed E-state index contributed by atoms with van der Waals surface area (Å²) < 4.78 is 0. The van der Waals surface area contributed by atoms with Gasteiger partial charge in [0.25, 0.3) is 0 Å². The van der Waals surface area contributed by atoms with E-state index >= 15 is 0 Å². The molecule has 0 aliphatic rings. The van der Waals surface area contributed by atoms with Gasteiger partial charge in [-0.2, -0.15) is 0 Å². The van der Waals surface area contributed by atoms with Crippen molar-refractivity contribution in [2.75, 3.05) is 0 Å². The predicted molar refractivity (Wildman–Crippen MR) is 59.7 cm³/mol. The van der Waals surface area contributed by atoms with Crippen LogP contribution in [0.25, 0.3) is 0 Å². The minimum absolute atomic E-state index is 0.0675. The molecule has 0 aliphatic carbocycles. The van der Waals surface area contributed by atoms with Gasteiger partial charge in [0.1, 0.15) is 0 Å². The Morgan fingerprint density at radius 3 is 2.33 bits per heavy atom. The van der Waals surface area contributed by atoms with E-state index < -0.39 is 5.92 Å². The molecular weight excluding hydrogens is 194 g/mol. The Bertz CT molecular complexity index is 247. The molecule has 0 bridgehead atoms. The van der Waals surface area contributed by atoms with Crippen molar-refractivity contribution >= 4 is 11.7 Å². The van der Waals surface area contributed by atoms with Crippen LogP contribution in [0.15, 0.2) is 5.16 Å². The predicted octanol–water partition coefficient (Wildman–Crippen LogP) is 1.06. The maximum atomic E-state index is 11.7. The van der Waals surface area contributed by atoms with Gasteiger partial charge < -0.3 is 16.3 Å². The first-order chi connectivity index (χ1) is 6.90. The summed E-state index contributed by atoms with van der Waals surface area (Å²) >= 11 is 0. The number of amides is 1. The maximum Gasteiger partial charge on any atom is 0.230 e. The summed E-state index contributed by atoms with van der Waals surface area (Å²) in [6, 6.07) is 0. The van der Waals surface area contributed by atoms with Gasteiger partial charge >= 0.3 is 0 Å². The highest BCUT2D eigenvalue weighted by molar-refractivity contribution is 6.01. The van der Waals surface area contributed by atoms with E-state index in [0.29, 0.717) is 0 Å². The third-order valence-electron chi connectivity index (χ3n) is 2.94. The summed E-state index contributed by atoms with van der Waals surface area (Å²) in [7, 11) is 0. The zero-order valence-electron chi connectivity index (χ0n) is 9.87. The normalized spacial score (nSPS) is 14.8. The van der Waals surface area contributed by atoms with Gasteiger partial charge in [0, 0.05) is 5.54 Å². The van der Waals surface area contributed by atoms with Crippen molar-refractivity contribution in [1.82, 2.24) is 5.32 Å². The van der Waals surface area contributed by atoms with E-state index in [2.05, 4.69) is 10.5 Å². The molecule has 0 aromatic heterocycles. The first kappa shape index (κ1) is 13.7. The third kappa shape index (κ3) is 3.77. The zero-order chi connectivity index (χ0) is 12.1. The number of nitrogens with two attached hydrogens (primary N) is 1. The van der Waals surface area contributed by atoms with Crippen LogP contribution in [0.5, 0.6) is 0 Å². The Kier molecular flexibility index (Phi) is 5.11. The van der Waals surface area contributed by atoms with Gasteiger partial charge in [-0.1, -0.05) is 19.0 Å². The summed E-state index contributed by atoms with van der Waals surface area (Å²) in [5, 5.41) is 14.2. The third-order valence-corrected chi connectivity index (χ3v) is 2.94. The molecule has 0 aliphatic heterocycles. The Labute approximate surface area is 90.7 Å². The highest BCUT2D eigenvalue weighted by atomic mass is 16.4. The molecule has 0 saturated heterocycles. The van der Waals surface area contributed by atoms with Gasteiger partial charge in [-0.3, -0.25) is 4.79 Å². The molecule has 0 saturated carbocycles. The van der Waals surface area contributed by atoms with Crippen molar-refractivity contribution < 1.29 is 10.0 Å². The van der Waals surface area contributed by atoms with E-state index in [4.69, 9.17) is 10.9 Å². The molecule has 1 amide bonds. The molecule has 0 aromatic carbocycles. The van der Waals surface area contributed by atoms with Crippen molar-refractivity contribution in [1.29, 1.82) is 0 Å². The highest BCUT2D eigenvalue weighted by Crippen LogP contribution is 2.14. The minimum Gasteiger partial charge on any atom is -0.409 e. The van der Waals surface area contributed by atoms with Gasteiger partial charge in [-0.25, -0.2) is 0 Å². The number of rotatable bonds is 5. The fourth-order valence-corrected chi connectivity index (χ4v) is 1.05. The van der Waals surface area contributed by atoms with Crippen LogP contribution in [0.4, 0.5) is 0 Å². The molecule has 0 spiro atoms. The Balaban J connectivity index is 4.49. The van der Waals surface area contributed by atoms with E-state index in [1.807, 2.05) is 20.8 Å². The van der Waals surface area contributed by atoms with Crippen LogP contribution in [0.1, 0.15) is 40.5 Å². The number of nitrogens with one attached hydrogen (secondary N) is 1. The van der Waals surface area contributed by atoms with Gasteiger partial charge in [0.15, 0.2) is 5.84 Å². The average Bonchev–Trinajstić information content (AvgIpc) is 2.26. The number of amidine groups is 1. The van der Waals surface area contributed by atoms with Gasteiger partial charge in [0.05, 0.1) is 5.92 Å². The first-order valence-electron chi connectivity index (χ1n) is 5.19. The van der Waals surface area contributed by atoms with Crippen LogP contribution in [0.3, 0.4) is 0 Å². The summed E-state index contributed by atoms with van der Waals surface area (Å²) in [6.07, 6.45) is 1.69. The van der Waals surface area contributed by atoms with Crippen LogP contribution in [0, 0.1) is 5.92 Å². The van der Waals surface area contributed by atoms with Crippen LogP contribution in [0.2, 0.25) is 0 Å². The molecular formula is C10H21N3O2. The lowest BCUT2D eigenvalue weighted by molar-refractivity contribution is -0.124. The summed E-state index contributed by atoms with van der Waals surface area (Å²) in [4.78, 5) is 11.7. The van der Waals surface area contributed by atoms with E-state index in [1.54, 1.807) is 6.92 Å². The second-order valence-electron chi connectivity index (χ2n) is 4.00. The van der Waals surface area contributed by atoms with Crippen molar-refractivity contribution in [3.05, 3.63) is 0 Å². The van der Waals surface area contributed by atoms with Crippen molar-refractivity contribution in [2.24, 2.45) is 16.8 Å². The second kappa shape index (κ2) is 5.58. The van der Waals surface area contributed by atoms with Crippen LogP contribution in [-0.4, -0.2) is 22.5 Å². The summed E-state index contributed by atoms with van der Waals surface area (Å²) in [5.41, 5.74) is 5.14. The summed E-state index contributed by atoms with van der Waals surface area (Å²) in [6.45, 7) is 7.61. The molecule has 88 valence electrons. The molecule has 0 radical (unpaired) electrons. The van der Waals surface area contributed by atoms with E-state index in [1.165, 1.54) is 0 Å². The lowest BCUT2D eigenvalue weighted by Crippen LogP contribution is -2.49. The fraction of sp³-hybridized carbons (Fsp3) is 0.800. The largest absolute Gasteiger partial charge is 0.409 e. The molecule has 15 heavy (non-hydrogen) atoms. The second-order valence-corrected chi connectivity index (χ2v) is 4.00. The Morgan fingerprint density at radius 2 is 2.00 bits per heavy atom. The van der Waals surface area contributed by atoms with E-state index in [-0.39, 0.29) is 17.3 Å². The number of hydrogen-bond acceptors (Lipinski definition) is 3. The van der Waals surface area contributed by atoms with Gasteiger partial charge in [-0.15, -0.1) is 0 Å². The Hall–Kier alpha value is -1.26. The van der Waals surface area contributed by atoms with Gasteiger partial charge in [-0.05, 0) is 26.7 Å². The summed E-state index contributed by atoms with van der Waals surface area (Å²) in [5.74, 6) is -0.883. The number of carbonyl (C=O) groups excluding carboxylic acids is 1. The van der Waals surface area contributed by atoms with Gasteiger partial charge in [0.2, 0.25) is 5.91 Å². The molecule has 0 rings (SSSR count). The molecule has 1 unspecified atom stereocenters. The topological polar surface area (TPSA) is 87.7 Å². The fourth-order valence-electron chi connectivity index (χ4n) is 1.05. The average molecular weight is 215 g/mol. The van der Waals surface area contributed by atoms with E-state index in [0.717, 1.165) is 12.8 Å². The first-order valence-corrected chi connectivity index (χ1v) is 5.19. The molecule has 5 nitrogen and oxygen atoms in total. The minimum atomic E-state index is -0.604. The van der Waals surface area contributed by atoms with Crippen molar-refractivity contribution in [2.45, 2.75) is 46.1 Å². The SMILES string of the molecule is CCC(C)(CC)NC(=O)C(C)C(N)=NO. The number of hydrogen-bond donors (Lipinski definition) is 3. The molecule has 0 aromatic rings. The highest BCUT2D eigenvalue weighted by Gasteiger charge is 2.26. The Morgan fingerprint density at radius 1 is 1.53 bits per heavy atom. The quantitative estimate of drug-likeness (QED) is 0.277. The van der Waals surface area contributed by atoms with Crippen molar-refractivity contribution in [3.63, 3.8) is 0 Å². The lowest BCUT2D eigenvalue weighted by atomic mass is 9.94. The molecule has 5 heteroatoms. The number of carbonyl (C=O) groups is 1. The standard InChI is InChI=1S/C10H21N3O2/c1-5-10(4,6-2)12-9(14)7(3)8(11)13-15/h7,15H,5-6H2,1-4H3,(H2,11,13)(H,12,14). The lowest BCUT2D eigenvalue weighted by Gasteiger charge is -2.29. The maximum absolute atomic E-state index is 11.7. The van der Waals surface area contributed by atoms with Crippen LogP contribution < -0.4 is 11.1 Å².